The maximum atomic E-state index is 12.6. The highest BCUT2D eigenvalue weighted by atomic mass is 35.5. The normalized spacial score (nSPS) is 10.6. The van der Waals surface area contributed by atoms with Gasteiger partial charge in [0, 0.05) is 22.2 Å². The molecule has 0 radical (unpaired) electrons. The van der Waals surface area contributed by atoms with Gasteiger partial charge in [0.15, 0.2) is 5.78 Å². The van der Waals surface area contributed by atoms with E-state index in [4.69, 9.17) is 11.6 Å². The molecular weight excluding hydrogens is 302 g/mol. The van der Waals surface area contributed by atoms with Gasteiger partial charge in [0.05, 0.1) is 16.6 Å². The maximum Gasteiger partial charge on any atom is 0.337 e. The number of nitrogens with zero attached hydrogens (tertiary/aromatic N) is 1. The second-order valence-electron chi connectivity index (χ2n) is 4.71. The lowest BCUT2D eigenvalue weighted by atomic mass is 9.97. The van der Waals surface area contributed by atoms with Crippen molar-refractivity contribution in [2.75, 3.05) is 0 Å². The van der Waals surface area contributed by atoms with Crippen LogP contribution in [0, 0.1) is 0 Å². The number of hydrogen-bond donors (Lipinski definition) is 1. The van der Waals surface area contributed by atoms with E-state index in [0.717, 1.165) is 0 Å². The van der Waals surface area contributed by atoms with Crippen LogP contribution in [0.25, 0.3) is 10.9 Å². The van der Waals surface area contributed by atoms with Crippen molar-refractivity contribution in [3.05, 3.63) is 76.4 Å². The van der Waals surface area contributed by atoms with Crippen molar-refractivity contribution in [2.24, 2.45) is 0 Å². The SMILES string of the molecule is O=C(c1ccc(Cl)cc1)c1cnc2ccccc2c1C(=O)O. The van der Waals surface area contributed by atoms with Crippen LogP contribution in [0.15, 0.2) is 54.7 Å². The number of aromatic nitrogens is 1. The van der Waals surface area contributed by atoms with Crippen LogP contribution in [0.3, 0.4) is 0 Å². The summed E-state index contributed by atoms with van der Waals surface area (Å²) in [6, 6.07) is 13.1. The van der Waals surface area contributed by atoms with Crippen molar-refractivity contribution >= 4 is 34.3 Å². The maximum absolute atomic E-state index is 12.6. The van der Waals surface area contributed by atoms with Crippen LogP contribution in [-0.4, -0.2) is 21.8 Å². The van der Waals surface area contributed by atoms with Crippen molar-refractivity contribution in [1.82, 2.24) is 4.98 Å². The average Bonchev–Trinajstić information content (AvgIpc) is 2.53. The number of carbonyl (C=O) groups is 2. The number of hydrogen-bond acceptors (Lipinski definition) is 3. The van der Waals surface area contributed by atoms with Gasteiger partial charge >= 0.3 is 5.97 Å². The van der Waals surface area contributed by atoms with Gasteiger partial charge < -0.3 is 5.11 Å². The predicted octanol–water partition coefficient (Wildman–Crippen LogP) is 3.82. The van der Waals surface area contributed by atoms with E-state index >= 15 is 0 Å². The molecule has 0 saturated carbocycles. The zero-order valence-corrected chi connectivity index (χ0v) is 12.0. The third-order valence-corrected chi connectivity index (χ3v) is 3.59. The number of aromatic carboxylic acids is 1. The molecule has 0 aliphatic carbocycles. The lowest BCUT2D eigenvalue weighted by molar-refractivity contribution is 0.0695. The van der Waals surface area contributed by atoms with E-state index in [2.05, 4.69) is 4.98 Å². The molecule has 0 spiro atoms. The Balaban J connectivity index is 2.22. The van der Waals surface area contributed by atoms with Gasteiger partial charge in [-0.1, -0.05) is 29.8 Å². The lowest BCUT2D eigenvalue weighted by Gasteiger charge is -2.08. The fourth-order valence-corrected chi connectivity index (χ4v) is 2.43. The second kappa shape index (κ2) is 5.58. The highest BCUT2D eigenvalue weighted by Crippen LogP contribution is 2.23. The van der Waals surface area contributed by atoms with Crippen LogP contribution >= 0.6 is 11.6 Å². The molecule has 108 valence electrons. The van der Waals surface area contributed by atoms with Crippen molar-refractivity contribution in [3.63, 3.8) is 0 Å². The first kappa shape index (κ1) is 14.2. The Morgan fingerprint density at radius 1 is 1.00 bits per heavy atom. The molecule has 3 aromatic rings. The summed E-state index contributed by atoms with van der Waals surface area (Å²) in [4.78, 5) is 28.4. The summed E-state index contributed by atoms with van der Waals surface area (Å²) in [6.07, 6.45) is 1.31. The number of carbonyl (C=O) groups excluding carboxylic acids is 1. The summed E-state index contributed by atoms with van der Waals surface area (Å²) in [5, 5.41) is 10.4. The summed E-state index contributed by atoms with van der Waals surface area (Å²) in [7, 11) is 0. The zero-order valence-electron chi connectivity index (χ0n) is 11.3. The second-order valence-corrected chi connectivity index (χ2v) is 5.14. The van der Waals surface area contributed by atoms with Crippen LogP contribution in [0.1, 0.15) is 26.3 Å². The smallest absolute Gasteiger partial charge is 0.337 e. The number of benzene rings is 2. The molecule has 3 rings (SSSR count). The third kappa shape index (κ3) is 2.44. The molecule has 4 nitrogen and oxygen atoms in total. The first-order chi connectivity index (χ1) is 10.6. The molecule has 2 aromatic carbocycles. The molecule has 1 aromatic heterocycles. The van der Waals surface area contributed by atoms with Gasteiger partial charge in [0.2, 0.25) is 0 Å². The third-order valence-electron chi connectivity index (χ3n) is 3.34. The number of carboxylic acids is 1. The fourth-order valence-electron chi connectivity index (χ4n) is 2.30. The standard InChI is InChI=1S/C17H10ClNO3/c18-11-7-5-10(6-8-11)16(20)13-9-19-14-4-2-1-3-12(14)15(13)17(21)22/h1-9H,(H,21,22). The Labute approximate surface area is 131 Å². The molecule has 22 heavy (non-hydrogen) atoms. The molecule has 0 aliphatic rings. The minimum absolute atomic E-state index is 0.0365. The van der Waals surface area contributed by atoms with Crippen LogP contribution < -0.4 is 0 Å². The molecule has 0 atom stereocenters. The quantitative estimate of drug-likeness (QED) is 0.747. The van der Waals surface area contributed by atoms with Gasteiger partial charge in [-0.15, -0.1) is 0 Å². The highest BCUT2D eigenvalue weighted by Gasteiger charge is 2.21. The Morgan fingerprint density at radius 3 is 2.36 bits per heavy atom. The van der Waals surface area contributed by atoms with Gasteiger partial charge in [0.1, 0.15) is 0 Å². The molecule has 1 heterocycles. The monoisotopic (exact) mass is 311 g/mol. The molecule has 0 aliphatic heterocycles. The molecule has 5 heteroatoms. The number of para-hydroxylation sites is 1. The summed E-state index contributed by atoms with van der Waals surface area (Å²) < 4.78 is 0. The average molecular weight is 312 g/mol. The Kier molecular flexibility index (Phi) is 3.61. The number of carboxylic acid groups (broad SMARTS) is 1. The molecule has 0 amide bonds. The summed E-state index contributed by atoms with van der Waals surface area (Å²) in [5.41, 5.74) is 0.926. The number of ketones is 1. The van der Waals surface area contributed by atoms with Crippen LogP contribution in [0.4, 0.5) is 0 Å². The molecule has 0 bridgehead atoms. The molecule has 0 unspecified atom stereocenters. The lowest BCUT2D eigenvalue weighted by Crippen LogP contribution is -2.11. The topological polar surface area (TPSA) is 67.3 Å². The summed E-state index contributed by atoms with van der Waals surface area (Å²) in [6.45, 7) is 0. The summed E-state index contributed by atoms with van der Waals surface area (Å²) >= 11 is 5.80. The van der Waals surface area contributed by atoms with E-state index in [1.165, 1.54) is 6.20 Å². The van der Waals surface area contributed by atoms with Crippen molar-refractivity contribution in [2.45, 2.75) is 0 Å². The predicted molar refractivity (Wildman–Crippen MR) is 83.6 cm³/mol. The van der Waals surface area contributed by atoms with Crippen LogP contribution in [-0.2, 0) is 0 Å². The first-order valence-electron chi connectivity index (χ1n) is 6.49. The van der Waals surface area contributed by atoms with E-state index in [-0.39, 0.29) is 11.1 Å². The van der Waals surface area contributed by atoms with Gasteiger partial charge in [-0.2, -0.15) is 0 Å². The van der Waals surface area contributed by atoms with Gasteiger partial charge in [0.25, 0.3) is 0 Å². The van der Waals surface area contributed by atoms with E-state index in [1.807, 2.05) is 0 Å². The van der Waals surface area contributed by atoms with E-state index < -0.39 is 11.8 Å². The first-order valence-corrected chi connectivity index (χ1v) is 6.87. The minimum Gasteiger partial charge on any atom is -0.478 e. The zero-order chi connectivity index (χ0) is 15.7. The van der Waals surface area contributed by atoms with E-state index in [1.54, 1.807) is 48.5 Å². The van der Waals surface area contributed by atoms with Gasteiger partial charge in [-0.25, -0.2) is 4.79 Å². The Hall–Kier alpha value is -2.72. The van der Waals surface area contributed by atoms with Gasteiger partial charge in [-0.05, 0) is 30.3 Å². The molecule has 0 saturated heterocycles. The molecule has 0 fully saturated rings. The molecular formula is C17H10ClNO3. The summed E-state index contributed by atoms with van der Waals surface area (Å²) in [5.74, 6) is -1.55. The Bertz CT molecular complexity index is 888. The Morgan fingerprint density at radius 2 is 1.68 bits per heavy atom. The highest BCUT2D eigenvalue weighted by molar-refractivity contribution is 6.30. The largest absolute Gasteiger partial charge is 0.478 e. The molecule has 1 N–H and O–H groups in total. The number of fused-ring (bicyclic) bond motifs is 1. The van der Waals surface area contributed by atoms with Crippen molar-refractivity contribution < 1.29 is 14.7 Å². The fraction of sp³-hybridized carbons (Fsp3) is 0. The number of pyridine rings is 1. The van der Waals surface area contributed by atoms with E-state index in [9.17, 15) is 14.7 Å². The number of rotatable bonds is 3. The minimum atomic E-state index is -1.16. The van der Waals surface area contributed by atoms with Crippen molar-refractivity contribution in [3.8, 4) is 0 Å². The van der Waals surface area contributed by atoms with Crippen molar-refractivity contribution in [1.29, 1.82) is 0 Å². The van der Waals surface area contributed by atoms with Crippen LogP contribution in [0.2, 0.25) is 5.02 Å². The van der Waals surface area contributed by atoms with Crippen LogP contribution in [0.5, 0.6) is 0 Å². The van der Waals surface area contributed by atoms with E-state index in [0.29, 0.717) is 21.5 Å². The number of halogens is 1. The van der Waals surface area contributed by atoms with Gasteiger partial charge in [-0.3, -0.25) is 9.78 Å².